The minimum absolute atomic E-state index is 0.0343. The molecule has 4 nitrogen and oxygen atoms in total. The average Bonchev–Trinajstić information content (AvgIpc) is 2.36. The Bertz CT molecular complexity index is 469. The van der Waals surface area contributed by atoms with Gasteiger partial charge >= 0.3 is 12.6 Å². The maximum atomic E-state index is 12.2. The Balaban J connectivity index is 3.04. The molecule has 0 amide bonds. The Morgan fingerprint density at radius 1 is 1.50 bits per heavy atom. The van der Waals surface area contributed by atoms with E-state index in [2.05, 4.69) is 9.47 Å². The second kappa shape index (κ2) is 6.55. The molecule has 0 aliphatic rings. The molecule has 1 rings (SSSR count). The van der Waals surface area contributed by atoms with E-state index in [4.69, 9.17) is 5.26 Å². The summed E-state index contributed by atoms with van der Waals surface area (Å²) in [5.74, 6) is -0.607. The number of ether oxygens (including phenoxy) is 2. The largest absolute Gasteiger partial charge is 0.465 e. The second-order valence-corrected chi connectivity index (χ2v) is 3.35. The van der Waals surface area contributed by atoms with Crippen LogP contribution in [0, 0.1) is 11.3 Å². The van der Waals surface area contributed by atoms with Crippen molar-refractivity contribution < 1.29 is 23.0 Å². The van der Waals surface area contributed by atoms with Gasteiger partial charge in [0.15, 0.2) is 0 Å². The van der Waals surface area contributed by atoms with Gasteiger partial charge in [0.25, 0.3) is 0 Å². The van der Waals surface area contributed by atoms with E-state index in [1.54, 1.807) is 0 Å². The van der Waals surface area contributed by atoms with Crippen molar-refractivity contribution in [1.82, 2.24) is 0 Å². The molecular formula is C12H11F2NO3. The van der Waals surface area contributed by atoms with Gasteiger partial charge in [-0.3, -0.25) is 0 Å². The lowest BCUT2D eigenvalue weighted by Gasteiger charge is -2.11. The Morgan fingerprint density at radius 2 is 2.22 bits per heavy atom. The Morgan fingerprint density at radius 3 is 2.78 bits per heavy atom. The van der Waals surface area contributed by atoms with E-state index in [0.717, 1.165) is 0 Å². The average molecular weight is 255 g/mol. The fourth-order valence-electron chi connectivity index (χ4n) is 1.42. The third kappa shape index (κ3) is 3.70. The summed E-state index contributed by atoms with van der Waals surface area (Å²) in [5, 5.41) is 8.49. The molecule has 0 bridgehead atoms. The smallest absolute Gasteiger partial charge is 0.387 e. The quantitative estimate of drug-likeness (QED) is 0.758. The summed E-state index contributed by atoms with van der Waals surface area (Å²) in [6.45, 7) is -2.95. The number of nitrogens with zero attached hydrogens (tertiary/aromatic N) is 1. The first-order valence-electron chi connectivity index (χ1n) is 5.11. The number of methoxy groups -OCH3 is 1. The first-order chi connectivity index (χ1) is 8.58. The number of hydrogen-bond acceptors (Lipinski definition) is 4. The summed E-state index contributed by atoms with van der Waals surface area (Å²) in [5.41, 5.74) is 0.604. The lowest BCUT2D eigenvalue weighted by molar-refractivity contribution is -0.0504. The number of rotatable bonds is 5. The van der Waals surface area contributed by atoms with Gasteiger partial charge in [0.2, 0.25) is 0 Å². The monoisotopic (exact) mass is 255 g/mol. The lowest BCUT2D eigenvalue weighted by atomic mass is 10.1. The number of halogens is 2. The summed E-state index contributed by atoms with van der Waals surface area (Å²) in [4.78, 5) is 11.3. The molecule has 18 heavy (non-hydrogen) atoms. The number of nitriles is 1. The summed E-state index contributed by atoms with van der Waals surface area (Å²) in [6, 6.07) is 5.89. The SMILES string of the molecule is COC(=O)c1ccc(OC(F)F)c(CCC#N)c1. The van der Waals surface area contributed by atoms with Crippen LogP contribution in [-0.4, -0.2) is 19.7 Å². The third-order valence-electron chi connectivity index (χ3n) is 2.20. The van der Waals surface area contributed by atoms with E-state index in [-0.39, 0.29) is 24.2 Å². The highest BCUT2D eigenvalue weighted by Crippen LogP contribution is 2.24. The number of benzene rings is 1. The van der Waals surface area contributed by atoms with E-state index in [0.29, 0.717) is 5.56 Å². The van der Waals surface area contributed by atoms with Crippen LogP contribution in [-0.2, 0) is 11.2 Å². The third-order valence-corrected chi connectivity index (χ3v) is 2.20. The fourth-order valence-corrected chi connectivity index (χ4v) is 1.42. The minimum Gasteiger partial charge on any atom is -0.465 e. The molecule has 0 radical (unpaired) electrons. The molecule has 0 aliphatic heterocycles. The van der Waals surface area contributed by atoms with Gasteiger partial charge in [-0.25, -0.2) is 4.79 Å². The highest BCUT2D eigenvalue weighted by Gasteiger charge is 2.13. The molecule has 1 aromatic rings. The molecule has 0 atom stereocenters. The molecule has 0 spiro atoms. The van der Waals surface area contributed by atoms with Gasteiger partial charge < -0.3 is 9.47 Å². The van der Waals surface area contributed by atoms with Gasteiger partial charge in [-0.15, -0.1) is 0 Å². The highest BCUT2D eigenvalue weighted by molar-refractivity contribution is 5.89. The van der Waals surface area contributed by atoms with Crippen LogP contribution in [0.4, 0.5) is 8.78 Å². The van der Waals surface area contributed by atoms with Crippen LogP contribution < -0.4 is 4.74 Å². The van der Waals surface area contributed by atoms with E-state index >= 15 is 0 Å². The molecular weight excluding hydrogens is 244 g/mol. The molecule has 0 aliphatic carbocycles. The predicted octanol–water partition coefficient (Wildman–Crippen LogP) is 2.53. The van der Waals surface area contributed by atoms with E-state index in [1.807, 2.05) is 6.07 Å². The van der Waals surface area contributed by atoms with Gasteiger partial charge in [-0.1, -0.05) is 0 Å². The van der Waals surface area contributed by atoms with E-state index < -0.39 is 12.6 Å². The minimum atomic E-state index is -2.95. The zero-order valence-corrected chi connectivity index (χ0v) is 9.65. The number of aryl methyl sites for hydroxylation is 1. The van der Waals surface area contributed by atoms with Crippen LogP contribution in [0.1, 0.15) is 22.3 Å². The maximum Gasteiger partial charge on any atom is 0.387 e. The number of alkyl halides is 2. The first kappa shape index (κ1) is 13.9. The summed E-state index contributed by atoms with van der Waals surface area (Å²) in [6.07, 6.45) is 0.369. The fraction of sp³-hybridized carbons (Fsp3) is 0.333. The van der Waals surface area contributed by atoms with Crippen LogP contribution in [0.5, 0.6) is 5.75 Å². The molecule has 1 aromatic carbocycles. The lowest BCUT2D eigenvalue weighted by Crippen LogP contribution is -2.07. The van der Waals surface area contributed by atoms with Crippen molar-refractivity contribution in [3.8, 4) is 11.8 Å². The molecule has 0 N–H and O–H groups in total. The van der Waals surface area contributed by atoms with Crippen molar-refractivity contribution in [3.63, 3.8) is 0 Å². The Hall–Kier alpha value is -2.16. The van der Waals surface area contributed by atoms with Gasteiger partial charge in [0, 0.05) is 6.42 Å². The van der Waals surface area contributed by atoms with E-state index in [9.17, 15) is 13.6 Å². The van der Waals surface area contributed by atoms with Crippen LogP contribution in [0.25, 0.3) is 0 Å². The van der Waals surface area contributed by atoms with Crippen molar-refractivity contribution in [2.24, 2.45) is 0 Å². The maximum absolute atomic E-state index is 12.2. The molecule has 0 saturated heterocycles. The zero-order valence-electron chi connectivity index (χ0n) is 9.65. The van der Waals surface area contributed by atoms with Crippen LogP contribution in [0.2, 0.25) is 0 Å². The van der Waals surface area contributed by atoms with Crippen molar-refractivity contribution in [2.45, 2.75) is 19.5 Å². The van der Waals surface area contributed by atoms with Crippen molar-refractivity contribution >= 4 is 5.97 Å². The standard InChI is InChI=1S/C12H11F2NO3/c1-17-11(16)9-4-5-10(18-12(13)14)8(7-9)3-2-6-15/h4-5,7,12H,2-3H2,1H3. The topological polar surface area (TPSA) is 59.3 Å². The highest BCUT2D eigenvalue weighted by atomic mass is 19.3. The van der Waals surface area contributed by atoms with E-state index in [1.165, 1.54) is 25.3 Å². The van der Waals surface area contributed by atoms with Gasteiger partial charge in [-0.2, -0.15) is 14.0 Å². The molecule has 6 heteroatoms. The van der Waals surface area contributed by atoms with Crippen LogP contribution in [0.15, 0.2) is 18.2 Å². The molecule has 0 aromatic heterocycles. The summed E-state index contributed by atoms with van der Waals surface area (Å²) < 4.78 is 33.2. The molecule has 0 saturated carbocycles. The number of carbonyl (C=O) groups excluding carboxylic acids is 1. The molecule has 0 heterocycles. The van der Waals surface area contributed by atoms with Crippen LogP contribution in [0.3, 0.4) is 0 Å². The molecule has 0 unspecified atom stereocenters. The summed E-state index contributed by atoms with van der Waals surface area (Å²) >= 11 is 0. The predicted molar refractivity (Wildman–Crippen MR) is 58.3 cm³/mol. The number of carbonyl (C=O) groups is 1. The van der Waals surface area contributed by atoms with Gasteiger partial charge in [-0.05, 0) is 30.2 Å². The Labute approximate surface area is 103 Å². The van der Waals surface area contributed by atoms with Gasteiger partial charge in [0.1, 0.15) is 5.75 Å². The van der Waals surface area contributed by atoms with Crippen molar-refractivity contribution in [3.05, 3.63) is 29.3 Å². The first-order valence-corrected chi connectivity index (χ1v) is 5.11. The number of esters is 1. The number of hydrogen-bond donors (Lipinski definition) is 0. The van der Waals surface area contributed by atoms with Crippen molar-refractivity contribution in [2.75, 3.05) is 7.11 Å². The molecule has 96 valence electrons. The normalized spacial score (nSPS) is 9.94. The van der Waals surface area contributed by atoms with Gasteiger partial charge in [0.05, 0.1) is 18.7 Å². The molecule has 0 fully saturated rings. The van der Waals surface area contributed by atoms with Crippen LogP contribution >= 0.6 is 0 Å². The Kier molecular flexibility index (Phi) is 5.06. The van der Waals surface area contributed by atoms with Crippen molar-refractivity contribution in [1.29, 1.82) is 5.26 Å². The zero-order chi connectivity index (χ0) is 13.5. The summed E-state index contributed by atoms with van der Waals surface area (Å²) in [7, 11) is 1.22. The second-order valence-electron chi connectivity index (χ2n) is 3.35.